The van der Waals surface area contributed by atoms with Crippen LogP contribution in [0.5, 0.6) is 0 Å². The van der Waals surface area contributed by atoms with Crippen molar-refractivity contribution in [2.24, 2.45) is 0 Å². The van der Waals surface area contributed by atoms with E-state index in [9.17, 15) is 4.79 Å². The summed E-state index contributed by atoms with van der Waals surface area (Å²) in [5, 5.41) is 0. The lowest BCUT2D eigenvalue weighted by Gasteiger charge is -2.02. The van der Waals surface area contributed by atoms with E-state index >= 15 is 0 Å². The number of hydrogen-bond acceptors (Lipinski definition) is 3. The molecular weight excluding hydrogens is 212 g/mol. The fourth-order valence-electron chi connectivity index (χ4n) is 1.55. The molecule has 15 heavy (non-hydrogen) atoms. The van der Waals surface area contributed by atoms with Crippen LogP contribution in [0.25, 0.3) is 11.2 Å². The van der Waals surface area contributed by atoms with Gasteiger partial charge in [-0.2, -0.15) is 0 Å². The zero-order valence-corrected chi connectivity index (χ0v) is 9.44. The van der Waals surface area contributed by atoms with Gasteiger partial charge in [-0.3, -0.25) is 9.78 Å². The third-order valence-electron chi connectivity index (χ3n) is 2.33. The molecule has 0 fully saturated rings. The van der Waals surface area contributed by atoms with Crippen molar-refractivity contribution in [1.29, 1.82) is 0 Å². The largest absolute Gasteiger partial charge is 0.336 e. The van der Waals surface area contributed by atoms with Gasteiger partial charge in [0.05, 0.1) is 0 Å². The SMILES string of the molecule is CCc1nc2c([nH]1)c(=O)[nH]c(=S)n2CC. The fraction of sp³-hybridized carbons (Fsp3) is 0.444. The molecule has 0 bridgehead atoms. The number of hydrogen-bond donors (Lipinski definition) is 2. The number of H-pyrrole nitrogens is 2. The lowest BCUT2D eigenvalue weighted by Crippen LogP contribution is -2.13. The molecule has 0 aliphatic carbocycles. The van der Waals surface area contributed by atoms with Crippen molar-refractivity contribution in [2.45, 2.75) is 26.8 Å². The van der Waals surface area contributed by atoms with Crippen LogP contribution in [0.15, 0.2) is 4.79 Å². The Morgan fingerprint density at radius 2 is 2.13 bits per heavy atom. The van der Waals surface area contributed by atoms with Crippen LogP contribution < -0.4 is 5.56 Å². The molecule has 6 heteroatoms. The van der Waals surface area contributed by atoms with Crippen LogP contribution in [0.3, 0.4) is 0 Å². The van der Waals surface area contributed by atoms with Gasteiger partial charge in [0.25, 0.3) is 5.56 Å². The maximum Gasteiger partial charge on any atom is 0.277 e. The summed E-state index contributed by atoms with van der Waals surface area (Å²) in [7, 11) is 0. The Morgan fingerprint density at radius 1 is 1.40 bits per heavy atom. The number of fused-ring (bicyclic) bond motifs is 1. The summed E-state index contributed by atoms with van der Waals surface area (Å²) in [6.45, 7) is 4.64. The van der Waals surface area contributed by atoms with E-state index in [0.717, 1.165) is 12.2 Å². The van der Waals surface area contributed by atoms with Gasteiger partial charge >= 0.3 is 0 Å². The van der Waals surface area contributed by atoms with E-state index in [2.05, 4.69) is 15.0 Å². The van der Waals surface area contributed by atoms with Gasteiger partial charge in [0.2, 0.25) is 0 Å². The molecule has 0 radical (unpaired) electrons. The molecule has 80 valence electrons. The predicted octanol–water partition coefficient (Wildman–Crippen LogP) is 1.36. The highest BCUT2D eigenvalue weighted by atomic mass is 32.1. The third kappa shape index (κ3) is 1.50. The van der Waals surface area contributed by atoms with Gasteiger partial charge < -0.3 is 9.55 Å². The van der Waals surface area contributed by atoms with Crippen molar-refractivity contribution in [2.75, 3.05) is 0 Å². The van der Waals surface area contributed by atoms with E-state index in [4.69, 9.17) is 12.2 Å². The smallest absolute Gasteiger partial charge is 0.277 e. The van der Waals surface area contributed by atoms with Gasteiger partial charge in [-0.1, -0.05) is 6.92 Å². The molecule has 0 aliphatic heterocycles. The van der Waals surface area contributed by atoms with Crippen molar-refractivity contribution in [3.8, 4) is 0 Å². The van der Waals surface area contributed by atoms with Crippen LogP contribution in [-0.2, 0) is 13.0 Å². The van der Waals surface area contributed by atoms with E-state index < -0.39 is 0 Å². The van der Waals surface area contributed by atoms with Gasteiger partial charge in [-0.15, -0.1) is 0 Å². The first kappa shape index (κ1) is 10.1. The van der Waals surface area contributed by atoms with Gasteiger partial charge in [0.1, 0.15) is 11.3 Å². The summed E-state index contributed by atoms with van der Waals surface area (Å²) in [6, 6.07) is 0. The molecule has 2 aromatic heterocycles. The molecule has 2 heterocycles. The van der Waals surface area contributed by atoms with Gasteiger partial charge in [-0.25, -0.2) is 4.98 Å². The second-order valence-corrected chi connectivity index (χ2v) is 3.63. The molecule has 2 rings (SSSR count). The van der Waals surface area contributed by atoms with Crippen LogP contribution in [-0.4, -0.2) is 19.5 Å². The van der Waals surface area contributed by atoms with Crippen molar-refractivity contribution in [1.82, 2.24) is 19.5 Å². The first-order valence-corrected chi connectivity index (χ1v) is 5.29. The van der Waals surface area contributed by atoms with Crippen LogP contribution in [0.2, 0.25) is 0 Å². The topological polar surface area (TPSA) is 66.5 Å². The second-order valence-electron chi connectivity index (χ2n) is 3.24. The van der Waals surface area contributed by atoms with Gasteiger partial charge in [0.15, 0.2) is 10.4 Å². The third-order valence-corrected chi connectivity index (χ3v) is 2.66. The quantitative estimate of drug-likeness (QED) is 0.757. The monoisotopic (exact) mass is 224 g/mol. The number of aryl methyl sites for hydroxylation is 2. The summed E-state index contributed by atoms with van der Waals surface area (Å²) in [5.74, 6) is 0.804. The molecule has 0 saturated carbocycles. The van der Waals surface area contributed by atoms with Gasteiger partial charge in [0, 0.05) is 13.0 Å². The zero-order chi connectivity index (χ0) is 11.0. The summed E-state index contributed by atoms with van der Waals surface area (Å²) < 4.78 is 2.23. The number of aromatic nitrogens is 4. The fourth-order valence-corrected chi connectivity index (χ4v) is 1.86. The molecule has 0 amide bonds. The van der Waals surface area contributed by atoms with Crippen LogP contribution in [0.4, 0.5) is 0 Å². The highest BCUT2D eigenvalue weighted by Crippen LogP contribution is 2.07. The van der Waals surface area contributed by atoms with E-state index in [0.29, 0.717) is 22.5 Å². The van der Waals surface area contributed by atoms with Gasteiger partial charge in [-0.05, 0) is 19.1 Å². The van der Waals surface area contributed by atoms with E-state index in [1.807, 2.05) is 18.4 Å². The lowest BCUT2D eigenvalue weighted by molar-refractivity contribution is 0.741. The normalized spacial score (nSPS) is 11.1. The van der Waals surface area contributed by atoms with Crippen molar-refractivity contribution in [3.63, 3.8) is 0 Å². The molecule has 0 aliphatic rings. The molecule has 0 unspecified atom stereocenters. The Kier molecular flexibility index (Phi) is 2.44. The van der Waals surface area contributed by atoms with Crippen LogP contribution in [0.1, 0.15) is 19.7 Å². The maximum absolute atomic E-state index is 11.6. The number of aromatic amines is 2. The lowest BCUT2D eigenvalue weighted by atomic mass is 10.5. The van der Waals surface area contributed by atoms with Crippen LogP contribution in [0, 0.1) is 4.77 Å². The van der Waals surface area contributed by atoms with E-state index in [-0.39, 0.29) is 5.56 Å². The molecule has 2 N–H and O–H groups in total. The highest BCUT2D eigenvalue weighted by molar-refractivity contribution is 7.71. The second kappa shape index (κ2) is 3.62. The minimum absolute atomic E-state index is 0.202. The molecule has 5 nitrogen and oxygen atoms in total. The molecule has 0 atom stereocenters. The predicted molar refractivity (Wildman–Crippen MR) is 60.6 cm³/mol. The maximum atomic E-state index is 11.6. The number of rotatable bonds is 2. The van der Waals surface area contributed by atoms with Crippen LogP contribution >= 0.6 is 12.2 Å². The molecule has 0 saturated heterocycles. The Bertz CT molecular complexity index is 607. The molecular formula is C9H12N4OS. The zero-order valence-electron chi connectivity index (χ0n) is 8.63. The molecule has 0 spiro atoms. The number of nitrogens with one attached hydrogen (secondary N) is 2. The number of nitrogens with zero attached hydrogens (tertiary/aromatic N) is 2. The van der Waals surface area contributed by atoms with E-state index in [1.54, 1.807) is 0 Å². The van der Waals surface area contributed by atoms with Crippen molar-refractivity contribution >= 4 is 23.4 Å². The number of imidazole rings is 1. The Labute approximate surface area is 91.2 Å². The van der Waals surface area contributed by atoms with Crippen molar-refractivity contribution < 1.29 is 0 Å². The summed E-state index contributed by atoms with van der Waals surface area (Å²) in [6.07, 6.45) is 0.768. The molecule has 2 aromatic rings. The van der Waals surface area contributed by atoms with E-state index in [1.165, 1.54) is 0 Å². The Hall–Kier alpha value is -1.43. The minimum Gasteiger partial charge on any atom is -0.336 e. The summed E-state index contributed by atoms with van der Waals surface area (Å²) >= 11 is 5.07. The summed E-state index contributed by atoms with van der Waals surface area (Å²) in [4.78, 5) is 21.5. The first-order valence-electron chi connectivity index (χ1n) is 4.89. The summed E-state index contributed by atoms with van der Waals surface area (Å²) in [5.41, 5.74) is 0.942. The van der Waals surface area contributed by atoms with Crippen molar-refractivity contribution in [3.05, 3.63) is 20.9 Å². The highest BCUT2D eigenvalue weighted by Gasteiger charge is 2.09. The Morgan fingerprint density at radius 3 is 2.73 bits per heavy atom. The minimum atomic E-state index is -0.202. The first-order chi connectivity index (χ1) is 7.17. The average Bonchev–Trinajstić information content (AvgIpc) is 2.62. The Balaban J connectivity index is 2.94. The standard InChI is InChI=1S/C9H12N4OS/c1-3-5-10-6-7(11-5)13(4-2)9(15)12-8(6)14/h3-4H2,1-2H3,(H,10,11)(H,12,14,15). The average molecular weight is 224 g/mol. The molecule has 0 aromatic carbocycles.